The lowest BCUT2D eigenvalue weighted by atomic mass is 9.87. The second-order valence-corrected chi connectivity index (χ2v) is 8.06. The summed E-state index contributed by atoms with van der Waals surface area (Å²) in [5.74, 6) is 1.91. The van der Waals surface area contributed by atoms with Gasteiger partial charge in [0.1, 0.15) is 5.82 Å². The quantitative estimate of drug-likeness (QED) is 0.447. The van der Waals surface area contributed by atoms with Crippen LogP contribution in [-0.2, 0) is 6.54 Å². The normalized spacial score (nSPS) is 18.2. The summed E-state index contributed by atoms with van der Waals surface area (Å²) < 4.78 is 3.57. The standard InChI is InChI=1S/C17H22ClIN2/c1-12(18)17-20-15-11-14(19)7-8-16(15)21(17)10-9-13-5-3-2-4-6-13/h7-8,11-13H,2-6,9-10H2,1H3. The molecule has 0 bridgehead atoms. The molecule has 1 heterocycles. The van der Waals surface area contributed by atoms with Crippen LogP contribution in [0.1, 0.15) is 56.7 Å². The molecule has 1 aliphatic carbocycles. The van der Waals surface area contributed by atoms with Crippen LogP contribution in [0.25, 0.3) is 11.0 Å². The highest BCUT2D eigenvalue weighted by molar-refractivity contribution is 14.1. The van der Waals surface area contributed by atoms with Crippen molar-refractivity contribution in [3.8, 4) is 0 Å². The highest BCUT2D eigenvalue weighted by atomic mass is 127. The number of nitrogens with zero attached hydrogens (tertiary/aromatic N) is 2. The average molecular weight is 417 g/mol. The Morgan fingerprint density at radius 3 is 2.81 bits per heavy atom. The Bertz CT molecular complexity index is 615. The Hall–Kier alpha value is -0.290. The second-order valence-electron chi connectivity index (χ2n) is 6.16. The van der Waals surface area contributed by atoms with Gasteiger partial charge in [0, 0.05) is 10.1 Å². The molecule has 1 fully saturated rings. The van der Waals surface area contributed by atoms with Crippen molar-refractivity contribution in [3.63, 3.8) is 0 Å². The lowest BCUT2D eigenvalue weighted by Crippen LogP contribution is -2.12. The molecule has 1 unspecified atom stereocenters. The summed E-state index contributed by atoms with van der Waals surface area (Å²) in [4.78, 5) is 4.76. The molecule has 0 amide bonds. The van der Waals surface area contributed by atoms with Gasteiger partial charge in [-0.15, -0.1) is 11.6 Å². The lowest BCUT2D eigenvalue weighted by molar-refractivity contribution is 0.324. The summed E-state index contributed by atoms with van der Waals surface area (Å²) >= 11 is 8.70. The van der Waals surface area contributed by atoms with Gasteiger partial charge in [0.2, 0.25) is 0 Å². The fourth-order valence-corrected chi connectivity index (χ4v) is 4.09. The molecule has 1 atom stereocenters. The first kappa shape index (κ1) is 15.6. The van der Waals surface area contributed by atoms with Crippen LogP contribution in [-0.4, -0.2) is 9.55 Å². The Labute approximate surface area is 145 Å². The van der Waals surface area contributed by atoms with E-state index in [0.29, 0.717) is 0 Å². The van der Waals surface area contributed by atoms with Gasteiger partial charge < -0.3 is 4.57 Å². The molecule has 0 spiro atoms. The molecule has 3 rings (SSSR count). The van der Waals surface area contributed by atoms with Crippen molar-refractivity contribution in [2.45, 2.75) is 57.4 Å². The molecule has 21 heavy (non-hydrogen) atoms. The van der Waals surface area contributed by atoms with Crippen LogP contribution in [0.5, 0.6) is 0 Å². The van der Waals surface area contributed by atoms with Gasteiger partial charge in [-0.05, 0) is 60.1 Å². The molecule has 1 saturated carbocycles. The fourth-order valence-electron chi connectivity index (χ4n) is 3.45. The number of hydrogen-bond acceptors (Lipinski definition) is 1. The maximum absolute atomic E-state index is 6.36. The summed E-state index contributed by atoms with van der Waals surface area (Å²) in [6.45, 7) is 3.07. The van der Waals surface area contributed by atoms with Crippen LogP contribution in [0, 0.1) is 9.49 Å². The maximum Gasteiger partial charge on any atom is 0.127 e. The first-order valence-electron chi connectivity index (χ1n) is 7.95. The molecule has 1 aromatic heterocycles. The molecule has 0 radical (unpaired) electrons. The topological polar surface area (TPSA) is 17.8 Å². The highest BCUT2D eigenvalue weighted by Crippen LogP contribution is 2.30. The third kappa shape index (κ3) is 3.55. The minimum Gasteiger partial charge on any atom is -0.327 e. The molecular formula is C17H22ClIN2. The number of imidazole rings is 1. The van der Waals surface area contributed by atoms with E-state index in [1.807, 2.05) is 6.92 Å². The van der Waals surface area contributed by atoms with Crippen molar-refractivity contribution >= 4 is 45.2 Å². The molecule has 2 aromatic rings. The van der Waals surface area contributed by atoms with Crippen molar-refractivity contribution in [1.29, 1.82) is 0 Å². The molecule has 0 aliphatic heterocycles. The summed E-state index contributed by atoms with van der Waals surface area (Å²) in [6.07, 6.45) is 8.30. The van der Waals surface area contributed by atoms with E-state index < -0.39 is 0 Å². The van der Waals surface area contributed by atoms with E-state index >= 15 is 0 Å². The highest BCUT2D eigenvalue weighted by Gasteiger charge is 2.18. The van der Waals surface area contributed by atoms with Crippen molar-refractivity contribution in [2.24, 2.45) is 5.92 Å². The fraction of sp³-hybridized carbons (Fsp3) is 0.588. The molecule has 0 N–H and O–H groups in total. The van der Waals surface area contributed by atoms with Crippen molar-refractivity contribution in [1.82, 2.24) is 9.55 Å². The first-order valence-corrected chi connectivity index (χ1v) is 9.46. The van der Waals surface area contributed by atoms with Gasteiger partial charge in [0.25, 0.3) is 0 Å². The van der Waals surface area contributed by atoms with Gasteiger partial charge >= 0.3 is 0 Å². The van der Waals surface area contributed by atoms with E-state index in [2.05, 4.69) is 45.4 Å². The molecule has 2 nitrogen and oxygen atoms in total. The summed E-state index contributed by atoms with van der Waals surface area (Å²) in [5, 5.41) is -0.0404. The van der Waals surface area contributed by atoms with E-state index in [-0.39, 0.29) is 5.38 Å². The van der Waals surface area contributed by atoms with Gasteiger partial charge in [-0.3, -0.25) is 0 Å². The summed E-state index contributed by atoms with van der Waals surface area (Å²) in [7, 11) is 0. The summed E-state index contributed by atoms with van der Waals surface area (Å²) in [6, 6.07) is 6.49. The zero-order chi connectivity index (χ0) is 14.8. The molecule has 1 aliphatic rings. The maximum atomic E-state index is 6.36. The van der Waals surface area contributed by atoms with Crippen molar-refractivity contribution in [2.75, 3.05) is 0 Å². The van der Waals surface area contributed by atoms with Gasteiger partial charge in [0.05, 0.1) is 16.4 Å². The van der Waals surface area contributed by atoms with Crippen LogP contribution < -0.4 is 0 Å². The number of aryl methyl sites for hydroxylation is 1. The average Bonchev–Trinajstić information content (AvgIpc) is 2.84. The Morgan fingerprint density at radius 1 is 1.33 bits per heavy atom. The number of alkyl halides is 1. The molecule has 0 saturated heterocycles. The zero-order valence-electron chi connectivity index (χ0n) is 12.5. The SMILES string of the molecule is CC(Cl)c1nc2cc(I)ccc2n1CCC1CCCCC1. The van der Waals surface area contributed by atoms with Gasteiger partial charge in [-0.2, -0.15) is 0 Å². The van der Waals surface area contributed by atoms with Crippen molar-refractivity contribution < 1.29 is 0 Å². The Morgan fingerprint density at radius 2 is 2.10 bits per heavy atom. The minimum atomic E-state index is -0.0404. The van der Waals surface area contributed by atoms with E-state index in [4.69, 9.17) is 16.6 Å². The smallest absolute Gasteiger partial charge is 0.127 e. The second kappa shape index (κ2) is 6.86. The number of fused-ring (bicyclic) bond motifs is 1. The van der Waals surface area contributed by atoms with Crippen molar-refractivity contribution in [3.05, 3.63) is 27.6 Å². The van der Waals surface area contributed by atoms with Gasteiger partial charge in [-0.25, -0.2) is 4.98 Å². The monoisotopic (exact) mass is 416 g/mol. The van der Waals surface area contributed by atoms with Crippen LogP contribution >= 0.6 is 34.2 Å². The Balaban J connectivity index is 1.86. The van der Waals surface area contributed by atoms with Crippen LogP contribution in [0.15, 0.2) is 18.2 Å². The number of benzene rings is 1. The molecule has 114 valence electrons. The van der Waals surface area contributed by atoms with E-state index in [1.54, 1.807) is 0 Å². The predicted octanol–water partition coefficient (Wildman–Crippen LogP) is 5.91. The molecule has 1 aromatic carbocycles. The molecule has 4 heteroatoms. The largest absolute Gasteiger partial charge is 0.327 e. The van der Waals surface area contributed by atoms with Crippen LogP contribution in [0.2, 0.25) is 0 Å². The number of halogens is 2. The predicted molar refractivity (Wildman–Crippen MR) is 97.9 cm³/mol. The van der Waals surface area contributed by atoms with E-state index in [9.17, 15) is 0 Å². The third-order valence-corrected chi connectivity index (χ3v) is 5.45. The zero-order valence-corrected chi connectivity index (χ0v) is 15.4. The van der Waals surface area contributed by atoms with E-state index in [0.717, 1.165) is 23.8 Å². The van der Waals surface area contributed by atoms with Gasteiger partial charge in [0.15, 0.2) is 0 Å². The minimum absolute atomic E-state index is 0.0404. The van der Waals surface area contributed by atoms with Crippen LogP contribution in [0.3, 0.4) is 0 Å². The Kier molecular flexibility index (Phi) is 5.10. The van der Waals surface area contributed by atoms with E-state index in [1.165, 1.54) is 47.6 Å². The molecular weight excluding hydrogens is 395 g/mol. The number of rotatable bonds is 4. The van der Waals surface area contributed by atoms with Crippen LogP contribution in [0.4, 0.5) is 0 Å². The first-order chi connectivity index (χ1) is 10.1. The number of hydrogen-bond donors (Lipinski definition) is 0. The summed E-state index contributed by atoms with van der Waals surface area (Å²) in [5.41, 5.74) is 2.31. The third-order valence-electron chi connectivity index (χ3n) is 4.58. The lowest BCUT2D eigenvalue weighted by Gasteiger charge is -2.22. The number of aromatic nitrogens is 2. The van der Waals surface area contributed by atoms with Gasteiger partial charge in [-0.1, -0.05) is 32.1 Å².